The Balaban J connectivity index is 1.80. The summed E-state index contributed by atoms with van der Waals surface area (Å²) in [5.74, 6) is 0.366. The fourth-order valence-electron chi connectivity index (χ4n) is 2.92. The maximum atomic E-state index is 11.0. The van der Waals surface area contributed by atoms with E-state index in [1.807, 2.05) is 31.3 Å². The van der Waals surface area contributed by atoms with Crippen molar-refractivity contribution in [3.63, 3.8) is 0 Å². The summed E-state index contributed by atoms with van der Waals surface area (Å²) in [6, 6.07) is 16.7. The van der Waals surface area contributed by atoms with Gasteiger partial charge in [-0.1, -0.05) is 18.2 Å². The van der Waals surface area contributed by atoms with E-state index in [0.717, 1.165) is 20.4 Å². The molecule has 0 aliphatic rings. The van der Waals surface area contributed by atoms with Gasteiger partial charge in [-0.05, 0) is 102 Å². The van der Waals surface area contributed by atoms with Gasteiger partial charge in [0.15, 0.2) is 11.5 Å². The van der Waals surface area contributed by atoms with E-state index in [1.54, 1.807) is 24.3 Å². The van der Waals surface area contributed by atoms with E-state index in [-0.39, 0.29) is 5.56 Å². The fourth-order valence-corrected chi connectivity index (χ4v) is 3.70. The molecule has 0 aliphatic heterocycles. The standard InChI is InChI=1S/C25H24INO4/c1-4-30-23-13-19(14-27-21-10-5-16(2)17(3)11-21)12-22(26)24(23)31-15-18-6-8-20(9-7-18)25(28)29/h5-14H,4,15H2,1-3H3,(H,28,29). The number of halogens is 1. The molecular weight excluding hydrogens is 505 g/mol. The van der Waals surface area contributed by atoms with Crippen molar-refractivity contribution in [1.82, 2.24) is 0 Å². The Morgan fingerprint density at radius 3 is 2.42 bits per heavy atom. The van der Waals surface area contributed by atoms with Gasteiger partial charge in [0.1, 0.15) is 6.61 Å². The lowest BCUT2D eigenvalue weighted by Crippen LogP contribution is -2.03. The van der Waals surface area contributed by atoms with Gasteiger partial charge in [-0.15, -0.1) is 0 Å². The first kappa shape index (κ1) is 22.8. The van der Waals surface area contributed by atoms with Crippen molar-refractivity contribution in [2.45, 2.75) is 27.4 Å². The summed E-state index contributed by atoms with van der Waals surface area (Å²) >= 11 is 2.23. The molecular formula is C25H24INO4. The van der Waals surface area contributed by atoms with E-state index in [9.17, 15) is 4.79 Å². The number of carbonyl (C=O) groups is 1. The lowest BCUT2D eigenvalue weighted by Gasteiger charge is -2.15. The molecule has 0 amide bonds. The number of aliphatic imine (C=N–C) groups is 1. The van der Waals surface area contributed by atoms with E-state index in [1.165, 1.54) is 11.1 Å². The van der Waals surface area contributed by atoms with Crippen LogP contribution in [0.25, 0.3) is 0 Å². The molecule has 0 fully saturated rings. The van der Waals surface area contributed by atoms with Crippen molar-refractivity contribution < 1.29 is 19.4 Å². The quantitative estimate of drug-likeness (QED) is 0.274. The number of carboxylic acid groups (broad SMARTS) is 1. The van der Waals surface area contributed by atoms with Gasteiger partial charge in [-0.25, -0.2) is 4.79 Å². The number of aryl methyl sites for hydroxylation is 2. The zero-order valence-electron chi connectivity index (χ0n) is 17.7. The van der Waals surface area contributed by atoms with Gasteiger partial charge in [0.05, 0.1) is 21.4 Å². The van der Waals surface area contributed by atoms with Gasteiger partial charge in [0.2, 0.25) is 0 Å². The molecule has 0 unspecified atom stereocenters. The lowest BCUT2D eigenvalue weighted by atomic mass is 10.1. The molecule has 3 aromatic rings. The van der Waals surface area contributed by atoms with Crippen LogP contribution in [0.5, 0.6) is 11.5 Å². The van der Waals surface area contributed by atoms with Crippen molar-refractivity contribution in [3.8, 4) is 11.5 Å². The fraction of sp³-hybridized carbons (Fsp3) is 0.200. The van der Waals surface area contributed by atoms with E-state index in [0.29, 0.717) is 24.7 Å². The number of carboxylic acids is 1. The highest BCUT2D eigenvalue weighted by molar-refractivity contribution is 14.1. The third-order valence-electron chi connectivity index (χ3n) is 4.77. The highest BCUT2D eigenvalue weighted by Gasteiger charge is 2.12. The minimum atomic E-state index is -0.946. The third kappa shape index (κ3) is 6.07. The first-order valence-corrected chi connectivity index (χ1v) is 11.0. The Morgan fingerprint density at radius 2 is 1.77 bits per heavy atom. The summed E-state index contributed by atoms with van der Waals surface area (Å²) < 4.78 is 12.8. The van der Waals surface area contributed by atoms with E-state index in [2.05, 4.69) is 53.6 Å². The molecule has 0 saturated heterocycles. The molecule has 0 atom stereocenters. The van der Waals surface area contributed by atoms with Crippen molar-refractivity contribution in [1.29, 1.82) is 0 Å². The summed E-state index contributed by atoms with van der Waals surface area (Å²) in [6.07, 6.45) is 1.82. The molecule has 0 saturated carbocycles. The van der Waals surface area contributed by atoms with Crippen LogP contribution in [0.3, 0.4) is 0 Å². The maximum absolute atomic E-state index is 11.0. The normalized spacial score (nSPS) is 11.0. The van der Waals surface area contributed by atoms with Gasteiger partial charge >= 0.3 is 5.97 Å². The van der Waals surface area contributed by atoms with Crippen LogP contribution in [-0.4, -0.2) is 23.9 Å². The molecule has 5 nitrogen and oxygen atoms in total. The molecule has 0 spiro atoms. The van der Waals surface area contributed by atoms with Gasteiger partial charge in [0, 0.05) is 6.21 Å². The van der Waals surface area contributed by atoms with Gasteiger partial charge < -0.3 is 14.6 Å². The Labute approximate surface area is 195 Å². The SMILES string of the molecule is CCOc1cc(C=Nc2ccc(C)c(C)c2)cc(I)c1OCc1ccc(C(=O)O)cc1. The molecule has 6 heteroatoms. The van der Waals surface area contributed by atoms with Crippen molar-refractivity contribution in [2.75, 3.05) is 6.61 Å². The molecule has 31 heavy (non-hydrogen) atoms. The number of ether oxygens (including phenoxy) is 2. The summed E-state index contributed by atoms with van der Waals surface area (Å²) in [6.45, 7) is 6.91. The van der Waals surface area contributed by atoms with Crippen LogP contribution in [0, 0.1) is 17.4 Å². The summed E-state index contributed by atoms with van der Waals surface area (Å²) in [5, 5.41) is 9.02. The molecule has 0 aliphatic carbocycles. The Hall–Kier alpha value is -2.87. The monoisotopic (exact) mass is 529 g/mol. The number of aromatic carboxylic acids is 1. The van der Waals surface area contributed by atoms with Crippen molar-refractivity contribution in [2.24, 2.45) is 4.99 Å². The van der Waals surface area contributed by atoms with Gasteiger partial charge in [0.25, 0.3) is 0 Å². The largest absolute Gasteiger partial charge is 0.490 e. The second-order valence-corrected chi connectivity index (χ2v) is 8.24. The van der Waals surface area contributed by atoms with Crippen molar-refractivity contribution >= 4 is 40.5 Å². The summed E-state index contributed by atoms with van der Waals surface area (Å²) in [5.41, 5.74) is 5.40. The lowest BCUT2D eigenvalue weighted by molar-refractivity contribution is 0.0697. The van der Waals surface area contributed by atoms with Crippen LogP contribution < -0.4 is 9.47 Å². The number of nitrogens with zero attached hydrogens (tertiary/aromatic N) is 1. The van der Waals surface area contributed by atoms with E-state index >= 15 is 0 Å². The van der Waals surface area contributed by atoms with Crippen molar-refractivity contribution in [3.05, 3.63) is 86.0 Å². The Kier molecular flexibility index (Phi) is 7.68. The first-order valence-electron chi connectivity index (χ1n) is 9.90. The van der Waals surface area contributed by atoms with Crippen LogP contribution >= 0.6 is 22.6 Å². The Morgan fingerprint density at radius 1 is 1.03 bits per heavy atom. The van der Waals surface area contributed by atoms with E-state index in [4.69, 9.17) is 14.6 Å². The summed E-state index contributed by atoms with van der Waals surface area (Å²) in [4.78, 5) is 15.6. The first-order chi connectivity index (χ1) is 14.9. The molecule has 0 radical (unpaired) electrons. The molecule has 0 heterocycles. The number of hydrogen-bond donors (Lipinski definition) is 1. The molecule has 0 bridgehead atoms. The van der Waals surface area contributed by atoms with Crippen LogP contribution in [0.15, 0.2) is 59.6 Å². The molecule has 1 N–H and O–H groups in total. The number of hydrogen-bond acceptors (Lipinski definition) is 4. The highest BCUT2D eigenvalue weighted by atomic mass is 127. The van der Waals surface area contributed by atoms with Crippen LogP contribution in [0.1, 0.15) is 39.5 Å². The maximum Gasteiger partial charge on any atom is 0.335 e. The summed E-state index contributed by atoms with van der Waals surface area (Å²) in [7, 11) is 0. The van der Waals surface area contributed by atoms with Crippen LogP contribution in [0.2, 0.25) is 0 Å². The number of rotatable bonds is 8. The van der Waals surface area contributed by atoms with E-state index < -0.39 is 5.97 Å². The predicted octanol–water partition coefficient (Wildman–Crippen LogP) is 6.33. The molecule has 0 aromatic heterocycles. The van der Waals surface area contributed by atoms with Gasteiger partial charge in [-0.2, -0.15) is 0 Å². The minimum Gasteiger partial charge on any atom is -0.490 e. The topological polar surface area (TPSA) is 68.1 Å². The minimum absolute atomic E-state index is 0.251. The average Bonchev–Trinajstić information content (AvgIpc) is 2.74. The molecule has 3 rings (SSSR count). The second-order valence-electron chi connectivity index (χ2n) is 7.08. The van der Waals surface area contributed by atoms with Crippen LogP contribution in [0.4, 0.5) is 5.69 Å². The van der Waals surface area contributed by atoms with Crippen LogP contribution in [-0.2, 0) is 6.61 Å². The average molecular weight is 529 g/mol. The molecule has 160 valence electrons. The third-order valence-corrected chi connectivity index (χ3v) is 5.57. The Bertz CT molecular complexity index is 1110. The zero-order chi connectivity index (χ0) is 22.4. The zero-order valence-corrected chi connectivity index (χ0v) is 19.8. The predicted molar refractivity (Wildman–Crippen MR) is 131 cm³/mol. The number of benzene rings is 3. The van der Waals surface area contributed by atoms with Gasteiger partial charge in [-0.3, -0.25) is 4.99 Å². The smallest absolute Gasteiger partial charge is 0.335 e. The highest BCUT2D eigenvalue weighted by Crippen LogP contribution is 2.34. The second kappa shape index (κ2) is 10.4. The molecule has 3 aromatic carbocycles.